The van der Waals surface area contributed by atoms with Crippen molar-refractivity contribution in [3.63, 3.8) is 0 Å². The van der Waals surface area contributed by atoms with Crippen LogP contribution in [0.3, 0.4) is 0 Å². The minimum atomic E-state index is -0.255. The molecule has 1 saturated heterocycles. The van der Waals surface area contributed by atoms with Gasteiger partial charge in [0.25, 0.3) is 5.91 Å². The first-order valence-corrected chi connectivity index (χ1v) is 8.09. The maximum absolute atomic E-state index is 12.6. The van der Waals surface area contributed by atoms with Crippen LogP contribution in [-0.4, -0.2) is 42.9 Å². The van der Waals surface area contributed by atoms with Gasteiger partial charge in [-0.2, -0.15) is 0 Å². The molecule has 3 heterocycles. The monoisotopic (exact) mass is 338 g/mol. The number of rotatable bonds is 4. The van der Waals surface area contributed by atoms with E-state index in [1.807, 2.05) is 18.2 Å². The van der Waals surface area contributed by atoms with Crippen LogP contribution < -0.4 is 15.0 Å². The molecular formula is C18H18N4O3. The molecule has 1 aromatic heterocycles. The van der Waals surface area contributed by atoms with Crippen LogP contribution in [0.1, 0.15) is 0 Å². The molecule has 1 aromatic carbocycles. The fourth-order valence-electron chi connectivity index (χ4n) is 3.17. The Hall–Kier alpha value is -3.09. The Bertz CT molecular complexity index is 792. The van der Waals surface area contributed by atoms with Gasteiger partial charge in [-0.15, -0.1) is 0 Å². The third-order valence-electron chi connectivity index (χ3n) is 4.46. The molecule has 0 unspecified atom stereocenters. The van der Waals surface area contributed by atoms with Gasteiger partial charge < -0.3 is 19.8 Å². The summed E-state index contributed by atoms with van der Waals surface area (Å²) in [6, 6.07) is 13.5. The summed E-state index contributed by atoms with van der Waals surface area (Å²) in [6.07, 6.45) is 1.46. The molecule has 0 aliphatic carbocycles. The van der Waals surface area contributed by atoms with Crippen LogP contribution in [0.15, 0.2) is 53.8 Å². The average molecular weight is 338 g/mol. The van der Waals surface area contributed by atoms with Gasteiger partial charge in [0.1, 0.15) is 0 Å². The number of nitrogens with zero attached hydrogens (tertiary/aromatic N) is 3. The van der Waals surface area contributed by atoms with E-state index in [0.717, 1.165) is 12.2 Å². The summed E-state index contributed by atoms with van der Waals surface area (Å²) in [6.45, 7) is 1.43. The number of fused-ring (bicyclic) bond motifs is 1. The van der Waals surface area contributed by atoms with E-state index >= 15 is 0 Å². The summed E-state index contributed by atoms with van der Waals surface area (Å²) in [7, 11) is 1.55. The van der Waals surface area contributed by atoms with Crippen LogP contribution in [-0.2, 0) is 9.63 Å². The SMILES string of the molecule is COc1ccc(NC(=O)C2=NO[C@@H]3CN(c4ccccc4)C[C@H]23)cn1. The zero-order chi connectivity index (χ0) is 17.2. The number of benzene rings is 1. The first-order chi connectivity index (χ1) is 12.2. The number of anilines is 2. The highest BCUT2D eigenvalue weighted by atomic mass is 16.6. The molecule has 1 fully saturated rings. The lowest BCUT2D eigenvalue weighted by Gasteiger charge is -2.18. The number of amides is 1. The van der Waals surface area contributed by atoms with E-state index in [1.165, 1.54) is 0 Å². The topological polar surface area (TPSA) is 76.1 Å². The van der Waals surface area contributed by atoms with E-state index < -0.39 is 0 Å². The van der Waals surface area contributed by atoms with Gasteiger partial charge in [-0.05, 0) is 18.2 Å². The van der Waals surface area contributed by atoms with E-state index in [4.69, 9.17) is 9.57 Å². The fourth-order valence-corrected chi connectivity index (χ4v) is 3.17. The van der Waals surface area contributed by atoms with Gasteiger partial charge in [0.2, 0.25) is 5.88 Å². The van der Waals surface area contributed by atoms with Crippen molar-refractivity contribution in [3.8, 4) is 5.88 Å². The minimum absolute atomic E-state index is 0.0357. The summed E-state index contributed by atoms with van der Waals surface area (Å²) in [5, 5.41) is 6.83. The summed E-state index contributed by atoms with van der Waals surface area (Å²) >= 11 is 0. The van der Waals surface area contributed by atoms with Crippen molar-refractivity contribution in [1.29, 1.82) is 0 Å². The molecular weight excluding hydrogens is 320 g/mol. The molecule has 1 N–H and O–H groups in total. The number of nitrogens with one attached hydrogen (secondary N) is 1. The second-order valence-corrected chi connectivity index (χ2v) is 6.01. The van der Waals surface area contributed by atoms with Crippen molar-refractivity contribution in [2.45, 2.75) is 6.10 Å². The van der Waals surface area contributed by atoms with Crippen molar-refractivity contribution in [1.82, 2.24) is 4.98 Å². The summed E-state index contributed by atoms with van der Waals surface area (Å²) in [4.78, 5) is 24.3. The zero-order valence-electron chi connectivity index (χ0n) is 13.8. The van der Waals surface area contributed by atoms with Crippen LogP contribution in [0.5, 0.6) is 5.88 Å². The largest absolute Gasteiger partial charge is 0.481 e. The molecule has 0 saturated carbocycles. The molecule has 7 heteroatoms. The molecule has 4 rings (SSSR count). The number of hydrogen-bond donors (Lipinski definition) is 1. The van der Waals surface area contributed by atoms with E-state index in [0.29, 0.717) is 23.8 Å². The van der Waals surface area contributed by atoms with Crippen LogP contribution in [0.25, 0.3) is 0 Å². The molecule has 2 aliphatic heterocycles. The van der Waals surface area contributed by atoms with Gasteiger partial charge >= 0.3 is 0 Å². The van der Waals surface area contributed by atoms with Gasteiger partial charge in [0.05, 0.1) is 31.5 Å². The van der Waals surface area contributed by atoms with Crippen molar-refractivity contribution < 1.29 is 14.4 Å². The second kappa shape index (κ2) is 6.43. The highest BCUT2D eigenvalue weighted by Gasteiger charge is 2.44. The molecule has 25 heavy (non-hydrogen) atoms. The van der Waals surface area contributed by atoms with Crippen molar-refractivity contribution >= 4 is 23.0 Å². The number of para-hydroxylation sites is 1. The quantitative estimate of drug-likeness (QED) is 0.922. The number of carbonyl (C=O) groups is 1. The predicted octanol–water partition coefficient (Wildman–Crippen LogP) is 1.92. The maximum atomic E-state index is 12.6. The lowest BCUT2D eigenvalue weighted by Crippen LogP contribution is -2.32. The third-order valence-corrected chi connectivity index (χ3v) is 4.46. The highest BCUT2D eigenvalue weighted by molar-refractivity contribution is 6.44. The Kier molecular flexibility index (Phi) is 3.97. The van der Waals surface area contributed by atoms with Gasteiger partial charge in [-0.3, -0.25) is 4.79 Å². The van der Waals surface area contributed by atoms with Crippen LogP contribution in [0.4, 0.5) is 11.4 Å². The Morgan fingerprint density at radius 2 is 2.08 bits per heavy atom. The van der Waals surface area contributed by atoms with Gasteiger partial charge in [0, 0.05) is 18.3 Å². The molecule has 128 valence electrons. The van der Waals surface area contributed by atoms with E-state index in [-0.39, 0.29) is 17.9 Å². The maximum Gasteiger partial charge on any atom is 0.274 e. The van der Waals surface area contributed by atoms with E-state index in [9.17, 15) is 4.79 Å². The van der Waals surface area contributed by atoms with Crippen LogP contribution >= 0.6 is 0 Å². The summed E-state index contributed by atoms with van der Waals surface area (Å²) < 4.78 is 5.01. The number of carbonyl (C=O) groups excluding carboxylic acids is 1. The molecule has 1 amide bonds. The second-order valence-electron chi connectivity index (χ2n) is 6.01. The zero-order valence-corrected chi connectivity index (χ0v) is 13.8. The molecule has 0 radical (unpaired) electrons. The normalized spacial score (nSPS) is 21.3. The first-order valence-electron chi connectivity index (χ1n) is 8.09. The van der Waals surface area contributed by atoms with E-state index in [2.05, 4.69) is 32.5 Å². The standard InChI is InChI=1S/C18H18N4O3/c1-24-16-8-7-12(9-19-16)20-18(23)17-14-10-22(11-15(14)25-21-17)13-5-3-2-4-6-13/h2-9,14-15H,10-11H2,1H3,(H,20,23)/t14-,15+/m0/s1. The molecule has 2 aromatic rings. The predicted molar refractivity (Wildman–Crippen MR) is 93.9 cm³/mol. The summed E-state index contributed by atoms with van der Waals surface area (Å²) in [5.74, 6) is 0.203. The third kappa shape index (κ3) is 3.00. The number of hydrogen-bond acceptors (Lipinski definition) is 6. The van der Waals surface area contributed by atoms with Crippen LogP contribution in [0.2, 0.25) is 0 Å². The van der Waals surface area contributed by atoms with Crippen molar-refractivity contribution in [2.24, 2.45) is 11.1 Å². The Morgan fingerprint density at radius 1 is 1.24 bits per heavy atom. The Balaban J connectivity index is 1.43. The number of aromatic nitrogens is 1. The smallest absolute Gasteiger partial charge is 0.274 e. The van der Waals surface area contributed by atoms with Gasteiger partial charge in [-0.25, -0.2) is 4.98 Å². The Labute approximate surface area is 145 Å². The number of methoxy groups -OCH3 is 1. The number of oxime groups is 1. The molecule has 7 nitrogen and oxygen atoms in total. The van der Waals surface area contributed by atoms with Crippen molar-refractivity contribution in [3.05, 3.63) is 48.7 Å². The van der Waals surface area contributed by atoms with Gasteiger partial charge in [0.15, 0.2) is 11.8 Å². The molecule has 2 atom stereocenters. The lowest BCUT2D eigenvalue weighted by molar-refractivity contribution is -0.110. The molecule has 0 bridgehead atoms. The highest BCUT2D eigenvalue weighted by Crippen LogP contribution is 2.31. The minimum Gasteiger partial charge on any atom is -0.481 e. The number of pyridine rings is 1. The first kappa shape index (κ1) is 15.4. The van der Waals surface area contributed by atoms with Crippen LogP contribution in [0, 0.1) is 5.92 Å². The van der Waals surface area contributed by atoms with Gasteiger partial charge in [-0.1, -0.05) is 23.4 Å². The average Bonchev–Trinajstić information content (AvgIpc) is 3.23. The fraction of sp³-hybridized carbons (Fsp3) is 0.278. The summed E-state index contributed by atoms with van der Waals surface area (Å²) in [5.41, 5.74) is 2.15. The lowest BCUT2D eigenvalue weighted by atomic mass is 10.0. The van der Waals surface area contributed by atoms with Crippen molar-refractivity contribution in [2.75, 3.05) is 30.4 Å². The number of ether oxygens (including phenoxy) is 1. The van der Waals surface area contributed by atoms with E-state index in [1.54, 1.807) is 25.4 Å². The molecule has 2 aliphatic rings. The molecule has 0 spiro atoms. The Morgan fingerprint density at radius 3 is 2.80 bits per heavy atom.